The second-order valence-electron chi connectivity index (χ2n) is 5.79. The summed E-state index contributed by atoms with van der Waals surface area (Å²) in [5, 5.41) is 9.58. The predicted octanol–water partition coefficient (Wildman–Crippen LogP) is 2.16. The van der Waals surface area contributed by atoms with Gasteiger partial charge in [-0.05, 0) is 30.1 Å². The van der Waals surface area contributed by atoms with E-state index in [1.165, 1.54) is 19.3 Å². The fraction of sp³-hybridized carbons (Fsp3) is 1.00. The summed E-state index contributed by atoms with van der Waals surface area (Å²) >= 11 is 0. The average Bonchev–Trinajstić information content (AvgIpc) is 2.51. The molecule has 0 amide bonds. The summed E-state index contributed by atoms with van der Waals surface area (Å²) in [6, 6.07) is 0. The summed E-state index contributed by atoms with van der Waals surface area (Å²) in [5.74, 6) is 1.46. The van der Waals surface area contributed by atoms with Crippen molar-refractivity contribution in [3.8, 4) is 0 Å². The van der Waals surface area contributed by atoms with Crippen LogP contribution in [-0.2, 0) is 0 Å². The lowest BCUT2D eigenvalue weighted by Gasteiger charge is -2.33. The number of aliphatic hydroxyl groups excluding tert-OH is 1. The standard InChI is InChI=1S/C12H25NO/c1-12(2,3)11-6-4-5-9(11)7-10(14)8-13/h9-11,14H,4-8,13H2,1-3H3/t9?,10-,11?/m1/s1. The largest absolute Gasteiger partial charge is 0.392 e. The Morgan fingerprint density at radius 3 is 2.50 bits per heavy atom. The predicted molar refractivity (Wildman–Crippen MR) is 60.0 cm³/mol. The molecule has 0 heterocycles. The van der Waals surface area contributed by atoms with Crippen molar-refractivity contribution >= 4 is 0 Å². The van der Waals surface area contributed by atoms with Gasteiger partial charge in [0.1, 0.15) is 0 Å². The van der Waals surface area contributed by atoms with Crippen molar-refractivity contribution in [1.29, 1.82) is 0 Å². The van der Waals surface area contributed by atoms with Crippen LogP contribution in [0, 0.1) is 17.3 Å². The first-order chi connectivity index (χ1) is 6.45. The zero-order valence-corrected chi connectivity index (χ0v) is 9.79. The van der Waals surface area contributed by atoms with E-state index < -0.39 is 0 Å². The molecule has 0 bridgehead atoms. The minimum absolute atomic E-state index is 0.289. The number of rotatable bonds is 3. The van der Waals surface area contributed by atoms with Gasteiger partial charge >= 0.3 is 0 Å². The van der Waals surface area contributed by atoms with E-state index in [0.717, 1.165) is 12.3 Å². The third kappa shape index (κ3) is 2.96. The molecule has 1 aliphatic rings. The smallest absolute Gasteiger partial charge is 0.0665 e. The highest BCUT2D eigenvalue weighted by Gasteiger charge is 2.36. The van der Waals surface area contributed by atoms with Gasteiger partial charge in [0.25, 0.3) is 0 Å². The topological polar surface area (TPSA) is 46.2 Å². The van der Waals surface area contributed by atoms with Crippen LogP contribution in [0.2, 0.25) is 0 Å². The molecule has 0 aromatic heterocycles. The van der Waals surface area contributed by atoms with Gasteiger partial charge in [0.15, 0.2) is 0 Å². The SMILES string of the molecule is CC(C)(C)C1CCCC1C[C@@H](O)CN. The van der Waals surface area contributed by atoms with Crippen molar-refractivity contribution in [1.82, 2.24) is 0 Å². The molecule has 1 rings (SSSR count). The summed E-state index contributed by atoms with van der Waals surface area (Å²) in [4.78, 5) is 0. The Hall–Kier alpha value is -0.0800. The lowest BCUT2D eigenvalue weighted by atomic mass is 9.73. The summed E-state index contributed by atoms with van der Waals surface area (Å²) in [6.07, 6.45) is 4.54. The van der Waals surface area contributed by atoms with Crippen molar-refractivity contribution in [2.45, 2.75) is 52.6 Å². The molecule has 0 aromatic carbocycles. The maximum Gasteiger partial charge on any atom is 0.0665 e. The van der Waals surface area contributed by atoms with E-state index in [-0.39, 0.29) is 6.10 Å². The second kappa shape index (κ2) is 4.63. The van der Waals surface area contributed by atoms with Gasteiger partial charge in [-0.3, -0.25) is 0 Å². The minimum atomic E-state index is -0.289. The van der Waals surface area contributed by atoms with E-state index in [9.17, 15) is 5.11 Å². The van der Waals surface area contributed by atoms with Crippen LogP contribution in [0.4, 0.5) is 0 Å². The lowest BCUT2D eigenvalue weighted by molar-refractivity contribution is 0.106. The zero-order valence-electron chi connectivity index (χ0n) is 9.79. The van der Waals surface area contributed by atoms with E-state index in [2.05, 4.69) is 20.8 Å². The zero-order chi connectivity index (χ0) is 10.8. The fourth-order valence-electron chi connectivity index (χ4n) is 2.90. The van der Waals surface area contributed by atoms with E-state index >= 15 is 0 Å². The minimum Gasteiger partial charge on any atom is -0.392 e. The van der Waals surface area contributed by atoms with Crippen LogP contribution in [0.5, 0.6) is 0 Å². The fourth-order valence-corrected chi connectivity index (χ4v) is 2.90. The summed E-state index contributed by atoms with van der Waals surface area (Å²) in [5.41, 5.74) is 5.84. The number of hydrogen-bond donors (Lipinski definition) is 2. The monoisotopic (exact) mass is 199 g/mol. The first-order valence-corrected chi connectivity index (χ1v) is 5.83. The number of nitrogens with two attached hydrogens (primary N) is 1. The molecule has 3 N–H and O–H groups in total. The molecule has 1 fully saturated rings. The van der Waals surface area contributed by atoms with Crippen molar-refractivity contribution in [3.05, 3.63) is 0 Å². The highest BCUT2D eigenvalue weighted by molar-refractivity contribution is 4.86. The van der Waals surface area contributed by atoms with E-state index in [1.54, 1.807) is 0 Å². The highest BCUT2D eigenvalue weighted by Crippen LogP contribution is 2.45. The molecule has 3 atom stereocenters. The third-order valence-corrected chi connectivity index (χ3v) is 3.62. The Labute approximate surface area is 87.9 Å². The van der Waals surface area contributed by atoms with Crippen LogP contribution in [-0.4, -0.2) is 17.8 Å². The molecule has 0 spiro atoms. The van der Waals surface area contributed by atoms with Gasteiger partial charge in [0.05, 0.1) is 6.10 Å². The molecule has 84 valence electrons. The van der Waals surface area contributed by atoms with Crippen LogP contribution in [0.3, 0.4) is 0 Å². The average molecular weight is 199 g/mol. The molecule has 14 heavy (non-hydrogen) atoms. The molecular weight excluding hydrogens is 174 g/mol. The Balaban J connectivity index is 2.51. The maximum atomic E-state index is 9.58. The Morgan fingerprint density at radius 2 is 2.00 bits per heavy atom. The molecule has 0 radical (unpaired) electrons. The second-order valence-corrected chi connectivity index (χ2v) is 5.79. The van der Waals surface area contributed by atoms with Gasteiger partial charge in [0.2, 0.25) is 0 Å². The van der Waals surface area contributed by atoms with E-state index in [1.807, 2.05) is 0 Å². The summed E-state index contributed by atoms with van der Waals surface area (Å²) in [7, 11) is 0. The van der Waals surface area contributed by atoms with Crippen molar-refractivity contribution in [2.75, 3.05) is 6.54 Å². The quantitative estimate of drug-likeness (QED) is 0.731. The Bertz CT molecular complexity index is 174. The molecule has 2 heteroatoms. The number of hydrogen-bond acceptors (Lipinski definition) is 2. The molecule has 2 unspecified atom stereocenters. The maximum absolute atomic E-state index is 9.58. The summed E-state index contributed by atoms with van der Waals surface area (Å²) in [6.45, 7) is 7.34. The van der Waals surface area contributed by atoms with Gasteiger partial charge in [-0.1, -0.05) is 33.6 Å². The molecule has 0 aromatic rings. The van der Waals surface area contributed by atoms with Crippen LogP contribution < -0.4 is 5.73 Å². The Morgan fingerprint density at radius 1 is 1.36 bits per heavy atom. The van der Waals surface area contributed by atoms with Crippen molar-refractivity contribution < 1.29 is 5.11 Å². The van der Waals surface area contributed by atoms with Gasteiger partial charge in [0, 0.05) is 6.54 Å². The van der Waals surface area contributed by atoms with Crippen LogP contribution >= 0.6 is 0 Å². The van der Waals surface area contributed by atoms with E-state index in [4.69, 9.17) is 5.73 Å². The van der Waals surface area contributed by atoms with Gasteiger partial charge < -0.3 is 10.8 Å². The van der Waals surface area contributed by atoms with E-state index in [0.29, 0.717) is 17.9 Å². The van der Waals surface area contributed by atoms with Crippen molar-refractivity contribution in [3.63, 3.8) is 0 Å². The highest BCUT2D eigenvalue weighted by atomic mass is 16.3. The first-order valence-electron chi connectivity index (χ1n) is 5.83. The van der Waals surface area contributed by atoms with Crippen LogP contribution in [0.25, 0.3) is 0 Å². The lowest BCUT2D eigenvalue weighted by Crippen LogP contribution is -2.29. The molecule has 1 saturated carbocycles. The van der Waals surface area contributed by atoms with Gasteiger partial charge in [-0.25, -0.2) is 0 Å². The third-order valence-electron chi connectivity index (χ3n) is 3.62. The molecular formula is C12H25NO. The molecule has 0 saturated heterocycles. The van der Waals surface area contributed by atoms with Crippen molar-refractivity contribution in [2.24, 2.45) is 23.0 Å². The number of aliphatic hydroxyl groups is 1. The first kappa shape index (κ1) is 12.0. The molecule has 0 aliphatic heterocycles. The van der Waals surface area contributed by atoms with Crippen LogP contribution in [0.1, 0.15) is 46.5 Å². The normalized spacial score (nSPS) is 30.6. The van der Waals surface area contributed by atoms with Crippen LogP contribution in [0.15, 0.2) is 0 Å². The summed E-state index contributed by atoms with van der Waals surface area (Å²) < 4.78 is 0. The molecule has 2 nitrogen and oxygen atoms in total. The van der Waals surface area contributed by atoms with Gasteiger partial charge in [-0.15, -0.1) is 0 Å². The van der Waals surface area contributed by atoms with Gasteiger partial charge in [-0.2, -0.15) is 0 Å². The molecule has 1 aliphatic carbocycles. The Kier molecular flexibility index (Phi) is 3.96.